The summed E-state index contributed by atoms with van der Waals surface area (Å²) in [5, 5.41) is 2.96. The number of ketones is 1. The molecule has 6 heteroatoms. The summed E-state index contributed by atoms with van der Waals surface area (Å²) in [6.45, 7) is 6.37. The fourth-order valence-electron chi connectivity index (χ4n) is 4.37. The monoisotopic (exact) mass is 422 g/mol. The van der Waals surface area contributed by atoms with Crippen LogP contribution in [0.3, 0.4) is 0 Å². The van der Waals surface area contributed by atoms with Crippen molar-refractivity contribution in [2.24, 2.45) is 5.92 Å². The molecule has 1 saturated carbocycles. The molecule has 1 heterocycles. The van der Waals surface area contributed by atoms with E-state index >= 15 is 0 Å². The summed E-state index contributed by atoms with van der Waals surface area (Å²) in [6.07, 6.45) is 2.79. The van der Waals surface area contributed by atoms with E-state index < -0.39 is 23.7 Å². The average molecular weight is 422 g/mol. The van der Waals surface area contributed by atoms with Crippen LogP contribution in [0.5, 0.6) is 0 Å². The summed E-state index contributed by atoms with van der Waals surface area (Å²) >= 11 is 0. The minimum Gasteiger partial charge on any atom is -0.366 e. The van der Waals surface area contributed by atoms with E-state index in [1.807, 2.05) is 11.8 Å². The van der Waals surface area contributed by atoms with Crippen LogP contribution in [0.4, 0.5) is 8.78 Å². The second kappa shape index (κ2) is 8.46. The SMILES string of the molecule is C=CCN1Cc2c(F)cccc2C(C(=O)N[C@H](c2cccc(F)c2)C2CCC2=O)=C1C. The summed E-state index contributed by atoms with van der Waals surface area (Å²) in [5.74, 6) is -1.57. The molecule has 2 aromatic carbocycles. The van der Waals surface area contributed by atoms with Crippen LogP contribution in [0.1, 0.15) is 42.5 Å². The molecule has 2 aromatic rings. The molecular formula is C25H24F2N2O2. The first kappa shape index (κ1) is 21.0. The van der Waals surface area contributed by atoms with Crippen LogP contribution in [0.15, 0.2) is 60.8 Å². The molecule has 0 spiro atoms. The highest BCUT2D eigenvalue weighted by atomic mass is 19.1. The van der Waals surface area contributed by atoms with E-state index in [4.69, 9.17) is 0 Å². The van der Waals surface area contributed by atoms with Gasteiger partial charge in [-0.05, 0) is 42.7 Å². The molecule has 4 nitrogen and oxygen atoms in total. The van der Waals surface area contributed by atoms with E-state index in [-0.39, 0.29) is 11.6 Å². The van der Waals surface area contributed by atoms with Gasteiger partial charge in [0.05, 0.1) is 11.6 Å². The molecule has 31 heavy (non-hydrogen) atoms. The predicted molar refractivity (Wildman–Crippen MR) is 115 cm³/mol. The van der Waals surface area contributed by atoms with Crippen molar-refractivity contribution in [3.05, 3.63) is 89.1 Å². The summed E-state index contributed by atoms with van der Waals surface area (Å²) in [4.78, 5) is 27.6. The molecule has 1 N–H and O–H groups in total. The van der Waals surface area contributed by atoms with E-state index in [1.165, 1.54) is 18.2 Å². The highest BCUT2D eigenvalue weighted by Crippen LogP contribution is 2.37. The normalized spacial score (nSPS) is 18.9. The van der Waals surface area contributed by atoms with E-state index in [9.17, 15) is 18.4 Å². The number of nitrogens with one attached hydrogen (secondary N) is 1. The first-order chi connectivity index (χ1) is 14.9. The highest BCUT2D eigenvalue weighted by molar-refractivity contribution is 6.21. The number of rotatable bonds is 6. The quantitative estimate of drug-likeness (QED) is 0.696. The zero-order chi connectivity index (χ0) is 22.1. The molecule has 0 radical (unpaired) electrons. The van der Waals surface area contributed by atoms with Crippen LogP contribution in [-0.4, -0.2) is 23.1 Å². The van der Waals surface area contributed by atoms with E-state index in [0.29, 0.717) is 53.9 Å². The number of fused-ring (bicyclic) bond motifs is 1. The van der Waals surface area contributed by atoms with E-state index in [0.717, 1.165) is 0 Å². The van der Waals surface area contributed by atoms with Gasteiger partial charge in [-0.15, -0.1) is 6.58 Å². The lowest BCUT2D eigenvalue weighted by Gasteiger charge is -2.36. The minimum absolute atomic E-state index is 0.0450. The van der Waals surface area contributed by atoms with Gasteiger partial charge in [0.15, 0.2) is 0 Å². The number of allylic oxidation sites excluding steroid dienone is 1. The Hall–Kier alpha value is -3.28. The van der Waals surface area contributed by atoms with Crippen molar-refractivity contribution >= 4 is 17.3 Å². The molecule has 0 aromatic heterocycles. The maximum atomic E-state index is 14.6. The number of hydrogen-bond donors (Lipinski definition) is 1. The molecule has 0 bridgehead atoms. The van der Waals surface area contributed by atoms with Crippen molar-refractivity contribution in [2.45, 2.75) is 32.4 Å². The molecule has 1 amide bonds. The largest absolute Gasteiger partial charge is 0.366 e. The van der Waals surface area contributed by atoms with E-state index in [1.54, 1.807) is 30.3 Å². The second-order valence-electron chi connectivity index (χ2n) is 8.01. The van der Waals surface area contributed by atoms with Crippen molar-refractivity contribution < 1.29 is 18.4 Å². The van der Waals surface area contributed by atoms with Gasteiger partial charge in [-0.25, -0.2) is 8.78 Å². The highest BCUT2D eigenvalue weighted by Gasteiger charge is 2.38. The number of hydrogen-bond acceptors (Lipinski definition) is 3. The fraction of sp³-hybridized carbons (Fsp3) is 0.280. The smallest absolute Gasteiger partial charge is 0.254 e. The lowest BCUT2D eigenvalue weighted by atomic mass is 9.75. The van der Waals surface area contributed by atoms with Crippen molar-refractivity contribution in [3.8, 4) is 0 Å². The second-order valence-corrected chi connectivity index (χ2v) is 8.01. The van der Waals surface area contributed by atoms with Gasteiger partial charge in [-0.1, -0.05) is 30.3 Å². The lowest BCUT2D eigenvalue weighted by molar-refractivity contribution is -0.131. The number of carbonyl (C=O) groups is 2. The number of halogens is 2. The van der Waals surface area contributed by atoms with Gasteiger partial charge >= 0.3 is 0 Å². The maximum absolute atomic E-state index is 14.6. The number of carbonyl (C=O) groups excluding carboxylic acids is 2. The van der Waals surface area contributed by atoms with Crippen LogP contribution in [0, 0.1) is 17.6 Å². The van der Waals surface area contributed by atoms with Crippen LogP contribution in [0.2, 0.25) is 0 Å². The Morgan fingerprint density at radius 3 is 2.71 bits per heavy atom. The Morgan fingerprint density at radius 2 is 2.06 bits per heavy atom. The lowest BCUT2D eigenvalue weighted by Crippen LogP contribution is -2.42. The predicted octanol–water partition coefficient (Wildman–Crippen LogP) is 4.53. The zero-order valence-electron chi connectivity index (χ0n) is 17.3. The Balaban J connectivity index is 1.73. The number of nitrogens with zero attached hydrogens (tertiary/aromatic N) is 1. The van der Waals surface area contributed by atoms with Crippen LogP contribution in [-0.2, 0) is 16.1 Å². The van der Waals surface area contributed by atoms with Gasteiger partial charge in [0, 0.05) is 36.7 Å². The van der Waals surface area contributed by atoms with Gasteiger partial charge in [0.25, 0.3) is 5.91 Å². The van der Waals surface area contributed by atoms with Crippen LogP contribution < -0.4 is 5.32 Å². The Labute approximate surface area is 180 Å². The van der Waals surface area contributed by atoms with Gasteiger partial charge < -0.3 is 10.2 Å². The number of Topliss-reactive ketones (excluding diaryl/α,β-unsaturated/α-hetero) is 1. The molecule has 1 fully saturated rings. The Bertz CT molecular complexity index is 1090. The summed E-state index contributed by atoms with van der Waals surface area (Å²) < 4.78 is 28.4. The van der Waals surface area contributed by atoms with Crippen molar-refractivity contribution in [2.75, 3.05) is 6.54 Å². The van der Waals surface area contributed by atoms with Gasteiger partial charge in [-0.2, -0.15) is 0 Å². The molecular weight excluding hydrogens is 398 g/mol. The number of amides is 1. The molecule has 160 valence electrons. The minimum atomic E-state index is -0.642. The van der Waals surface area contributed by atoms with Crippen LogP contribution in [0.25, 0.3) is 5.57 Å². The molecule has 2 aliphatic rings. The first-order valence-electron chi connectivity index (χ1n) is 10.3. The first-order valence-corrected chi connectivity index (χ1v) is 10.3. The standard InChI is InChI=1S/C25H24F2N2O2/c1-3-12-29-14-20-18(8-5-9-21(20)27)23(15(29)2)25(31)28-24(19-10-11-22(19)30)16-6-4-7-17(26)13-16/h3-9,13,19,24H,1,10-12,14H2,2H3,(H,28,31)/t19?,24-/m1/s1. The topological polar surface area (TPSA) is 49.4 Å². The van der Waals surface area contributed by atoms with Crippen molar-refractivity contribution in [1.29, 1.82) is 0 Å². The molecule has 1 aliphatic carbocycles. The Kier molecular flexibility index (Phi) is 5.72. The summed E-state index contributed by atoms with van der Waals surface area (Å²) in [5.41, 5.74) is 2.59. The third-order valence-electron chi connectivity index (χ3n) is 6.16. The third kappa shape index (κ3) is 3.90. The average Bonchev–Trinajstić information content (AvgIpc) is 2.73. The maximum Gasteiger partial charge on any atom is 0.254 e. The third-order valence-corrected chi connectivity index (χ3v) is 6.16. The van der Waals surface area contributed by atoms with Crippen LogP contribution >= 0.6 is 0 Å². The fourth-order valence-corrected chi connectivity index (χ4v) is 4.37. The summed E-state index contributed by atoms with van der Waals surface area (Å²) in [6, 6.07) is 9.99. The van der Waals surface area contributed by atoms with E-state index in [2.05, 4.69) is 11.9 Å². The molecule has 0 saturated heterocycles. The molecule has 1 aliphatic heterocycles. The van der Waals surface area contributed by atoms with Crippen molar-refractivity contribution in [3.63, 3.8) is 0 Å². The van der Waals surface area contributed by atoms with Gasteiger partial charge in [0.2, 0.25) is 0 Å². The molecule has 4 rings (SSSR count). The summed E-state index contributed by atoms with van der Waals surface area (Å²) in [7, 11) is 0. The molecule has 2 atom stereocenters. The van der Waals surface area contributed by atoms with Gasteiger partial charge in [0.1, 0.15) is 17.4 Å². The van der Waals surface area contributed by atoms with Gasteiger partial charge in [-0.3, -0.25) is 9.59 Å². The Morgan fingerprint density at radius 1 is 1.29 bits per heavy atom. The molecule has 1 unspecified atom stereocenters. The number of benzene rings is 2. The zero-order valence-corrected chi connectivity index (χ0v) is 17.3. The van der Waals surface area contributed by atoms with Crippen molar-refractivity contribution in [1.82, 2.24) is 10.2 Å².